The summed E-state index contributed by atoms with van der Waals surface area (Å²) >= 11 is 0. The molecule has 1 aliphatic carbocycles. The lowest BCUT2D eigenvalue weighted by Crippen LogP contribution is -2.40. The Hall–Kier alpha value is -1.78. The van der Waals surface area contributed by atoms with Gasteiger partial charge in [0.2, 0.25) is 5.91 Å². The van der Waals surface area contributed by atoms with Gasteiger partial charge in [0, 0.05) is 19.5 Å². The Kier molecular flexibility index (Phi) is 2.62. The van der Waals surface area contributed by atoms with E-state index in [-0.39, 0.29) is 23.9 Å². The molecule has 3 aliphatic rings. The topological polar surface area (TPSA) is 53.8 Å². The maximum Gasteiger partial charge on any atom is 0.289 e. The van der Waals surface area contributed by atoms with Crippen LogP contribution in [0.2, 0.25) is 0 Å². The molecule has 3 heterocycles. The Labute approximate surface area is 117 Å². The van der Waals surface area contributed by atoms with E-state index in [1.165, 1.54) is 19.1 Å². The fourth-order valence-electron chi connectivity index (χ4n) is 3.54. The van der Waals surface area contributed by atoms with Crippen molar-refractivity contribution in [2.45, 2.75) is 37.8 Å². The van der Waals surface area contributed by atoms with E-state index in [1.54, 1.807) is 12.1 Å². The van der Waals surface area contributed by atoms with Crippen LogP contribution in [-0.2, 0) is 4.79 Å². The maximum absolute atomic E-state index is 12.4. The Morgan fingerprint density at radius 2 is 2.15 bits per heavy atom. The molecule has 0 unspecified atom stereocenters. The highest BCUT2D eigenvalue weighted by molar-refractivity contribution is 5.93. The zero-order valence-corrected chi connectivity index (χ0v) is 11.3. The lowest BCUT2D eigenvalue weighted by Gasteiger charge is -2.25. The second-order valence-electron chi connectivity index (χ2n) is 6.09. The zero-order valence-electron chi connectivity index (χ0n) is 11.3. The van der Waals surface area contributed by atoms with Crippen molar-refractivity contribution in [1.82, 2.24) is 9.80 Å². The molecule has 0 N–H and O–H groups in total. The number of nitrogens with zero attached hydrogens (tertiary/aromatic N) is 2. The number of rotatable bonds is 3. The van der Waals surface area contributed by atoms with Gasteiger partial charge in [-0.05, 0) is 37.3 Å². The largest absolute Gasteiger partial charge is 0.459 e. The van der Waals surface area contributed by atoms with E-state index in [2.05, 4.69) is 0 Å². The van der Waals surface area contributed by atoms with Crippen molar-refractivity contribution in [3.63, 3.8) is 0 Å². The molecule has 2 aliphatic heterocycles. The second-order valence-corrected chi connectivity index (χ2v) is 6.09. The zero-order chi connectivity index (χ0) is 13.7. The number of carbonyl (C=O) groups is 2. The van der Waals surface area contributed by atoms with Gasteiger partial charge in [-0.2, -0.15) is 0 Å². The van der Waals surface area contributed by atoms with Crippen LogP contribution in [0.4, 0.5) is 0 Å². The Bertz CT molecular complexity index is 535. The van der Waals surface area contributed by atoms with Crippen molar-refractivity contribution in [3.8, 4) is 0 Å². The molecule has 1 aromatic heterocycles. The normalized spacial score (nSPS) is 29.1. The van der Waals surface area contributed by atoms with Crippen LogP contribution in [0.5, 0.6) is 0 Å². The first-order valence-electron chi connectivity index (χ1n) is 7.38. The van der Waals surface area contributed by atoms with Crippen molar-refractivity contribution in [2.24, 2.45) is 5.92 Å². The van der Waals surface area contributed by atoms with E-state index in [9.17, 15) is 9.59 Å². The minimum Gasteiger partial charge on any atom is -0.459 e. The van der Waals surface area contributed by atoms with E-state index >= 15 is 0 Å². The minimum absolute atomic E-state index is 0.0406. The van der Waals surface area contributed by atoms with Gasteiger partial charge in [0.05, 0.1) is 18.3 Å². The number of fused-ring (bicyclic) bond motifs is 1. The smallest absolute Gasteiger partial charge is 0.289 e. The van der Waals surface area contributed by atoms with Crippen LogP contribution in [0.3, 0.4) is 0 Å². The Morgan fingerprint density at radius 3 is 2.85 bits per heavy atom. The van der Waals surface area contributed by atoms with Crippen molar-refractivity contribution in [2.75, 3.05) is 13.1 Å². The van der Waals surface area contributed by atoms with Crippen LogP contribution >= 0.6 is 0 Å². The molecule has 106 valence electrons. The third-order valence-corrected chi connectivity index (χ3v) is 4.76. The summed E-state index contributed by atoms with van der Waals surface area (Å²) in [4.78, 5) is 28.4. The van der Waals surface area contributed by atoms with E-state index in [0.717, 1.165) is 19.5 Å². The van der Waals surface area contributed by atoms with Gasteiger partial charge in [0.25, 0.3) is 5.91 Å². The number of hydrogen-bond donors (Lipinski definition) is 0. The van der Waals surface area contributed by atoms with E-state index in [1.807, 2.05) is 9.80 Å². The highest BCUT2D eigenvalue weighted by Gasteiger charge is 2.49. The van der Waals surface area contributed by atoms with Gasteiger partial charge in [-0.1, -0.05) is 0 Å². The van der Waals surface area contributed by atoms with Crippen LogP contribution in [0.25, 0.3) is 0 Å². The molecule has 2 saturated heterocycles. The quantitative estimate of drug-likeness (QED) is 0.839. The number of hydrogen-bond acceptors (Lipinski definition) is 3. The van der Waals surface area contributed by atoms with Crippen LogP contribution in [-0.4, -0.2) is 46.8 Å². The van der Waals surface area contributed by atoms with E-state index in [4.69, 9.17) is 4.42 Å². The number of amides is 2. The number of carbonyl (C=O) groups excluding carboxylic acids is 2. The van der Waals surface area contributed by atoms with Crippen LogP contribution in [0, 0.1) is 5.92 Å². The molecular weight excluding hydrogens is 256 g/mol. The predicted octanol–water partition coefficient (Wildman–Crippen LogP) is 1.51. The molecule has 5 nitrogen and oxygen atoms in total. The first kappa shape index (κ1) is 12.0. The van der Waals surface area contributed by atoms with E-state index < -0.39 is 0 Å². The molecule has 1 saturated carbocycles. The lowest BCUT2D eigenvalue weighted by molar-refractivity contribution is -0.129. The Balaban J connectivity index is 1.52. The molecule has 1 aromatic rings. The fraction of sp³-hybridized carbons (Fsp3) is 0.600. The standard InChI is InChI=1S/C15H18N2O3/c18-14-8-12-11(17(14)9-10-3-4-10)5-6-16(12)15(19)13-2-1-7-20-13/h1-2,7,10-12H,3-6,8-9H2/t11-,12-/m1/s1. The van der Waals surface area contributed by atoms with Crippen LogP contribution in [0.1, 0.15) is 36.2 Å². The maximum atomic E-state index is 12.4. The summed E-state index contributed by atoms with van der Waals surface area (Å²) in [5.41, 5.74) is 0. The summed E-state index contributed by atoms with van der Waals surface area (Å²) in [5.74, 6) is 1.21. The average Bonchev–Trinajstić information content (AvgIpc) is 2.87. The van der Waals surface area contributed by atoms with Crippen molar-refractivity contribution >= 4 is 11.8 Å². The first-order valence-corrected chi connectivity index (χ1v) is 7.38. The first-order chi connectivity index (χ1) is 9.74. The summed E-state index contributed by atoms with van der Waals surface area (Å²) < 4.78 is 5.19. The number of likely N-dealkylation sites (tertiary alicyclic amines) is 2. The molecule has 0 bridgehead atoms. The monoisotopic (exact) mass is 274 g/mol. The molecule has 20 heavy (non-hydrogen) atoms. The van der Waals surface area contributed by atoms with Gasteiger partial charge in [-0.25, -0.2) is 0 Å². The average molecular weight is 274 g/mol. The van der Waals surface area contributed by atoms with Crippen LogP contribution < -0.4 is 0 Å². The van der Waals surface area contributed by atoms with Crippen molar-refractivity contribution in [3.05, 3.63) is 24.2 Å². The molecule has 0 aromatic carbocycles. The molecule has 2 amide bonds. The third kappa shape index (κ3) is 1.84. The van der Waals surface area contributed by atoms with Gasteiger partial charge in [0.15, 0.2) is 5.76 Å². The SMILES string of the molecule is O=C1C[C@@H]2[C@@H](CCN2C(=O)c2ccco2)N1CC1CC1. The summed E-state index contributed by atoms with van der Waals surface area (Å²) in [5, 5.41) is 0. The highest BCUT2D eigenvalue weighted by atomic mass is 16.3. The number of furan rings is 1. The van der Waals surface area contributed by atoms with Gasteiger partial charge in [0.1, 0.15) is 0 Å². The summed E-state index contributed by atoms with van der Waals surface area (Å²) in [6.45, 7) is 1.62. The minimum atomic E-state index is -0.0800. The Morgan fingerprint density at radius 1 is 1.30 bits per heavy atom. The van der Waals surface area contributed by atoms with E-state index in [0.29, 0.717) is 18.1 Å². The molecule has 4 rings (SSSR count). The second kappa shape index (κ2) is 4.36. The summed E-state index contributed by atoms with van der Waals surface area (Å²) in [6.07, 6.45) is 5.38. The molecule has 3 fully saturated rings. The molecule has 5 heteroatoms. The molecule has 0 radical (unpaired) electrons. The third-order valence-electron chi connectivity index (χ3n) is 4.76. The van der Waals surface area contributed by atoms with Gasteiger partial charge < -0.3 is 14.2 Å². The van der Waals surface area contributed by atoms with Gasteiger partial charge >= 0.3 is 0 Å². The van der Waals surface area contributed by atoms with Crippen molar-refractivity contribution < 1.29 is 14.0 Å². The highest BCUT2D eigenvalue weighted by Crippen LogP contribution is 2.37. The fourth-order valence-corrected chi connectivity index (χ4v) is 3.54. The van der Waals surface area contributed by atoms with Gasteiger partial charge in [-0.3, -0.25) is 9.59 Å². The predicted molar refractivity (Wildman–Crippen MR) is 71.0 cm³/mol. The van der Waals surface area contributed by atoms with Crippen LogP contribution in [0.15, 0.2) is 22.8 Å². The molecule has 2 atom stereocenters. The summed E-state index contributed by atoms with van der Waals surface area (Å²) in [7, 11) is 0. The summed E-state index contributed by atoms with van der Waals surface area (Å²) in [6, 6.07) is 3.68. The molecular formula is C15H18N2O3. The van der Waals surface area contributed by atoms with Crippen molar-refractivity contribution in [1.29, 1.82) is 0 Å². The lowest BCUT2D eigenvalue weighted by atomic mass is 10.1. The van der Waals surface area contributed by atoms with Gasteiger partial charge in [-0.15, -0.1) is 0 Å². The molecule has 0 spiro atoms.